The third-order valence-electron chi connectivity index (χ3n) is 3.36. The number of piperazine rings is 1. The van der Waals surface area contributed by atoms with Crippen LogP contribution < -0.4 is 5.32 Å². The van der Waals surface area contributed by atoms with E-state index in [2.05, 4.69) is 48.1 Å². The fourth-order valence-electron chi connectivity index (χ4n) is 2.74. The second-order valence-electron chi connectivity index (χ2n) is 5.84. The van der Waals surface area contributed by atoms with Crippen LogP contribution in [0.15, 0.2) is 24.5 Å². The first kappa shape index (κ1) is 12.5. The van der Waals surface area contributed by atoms with Crippen LogP contribution in [0.25, 0.3) is 0 Å². The van der Waals surface area contributed by atoms with Crippen LogP contribution in [-0.4, -0.2) is 36.1 Å². The summed E-state index contributed by atoms with van der Waals surface area (Å²) in [6, 6.07) is 4.78. The molecule has 1 N–H and O–H groups in total. The van der Waals surface area contributed by atoms with Crippen molar-refractivity contribution in [1.82, 2.24) is 15.2 Å². The van der Waals surface area contributed by atoms with Crippen molar-refractivity contribution in [3.05, 3.63) is 30.1 Å². The number of rotatable bonds is 2. The molecule has 17 heavy (non-hydrogen) atoms. The van der Waals surface area contributed by atoms with Crippen molar-refractivity contribution in [3.63, 3.8) is 0 Å². The highest BCUT2D eigenvalue weighted by atomic mass is 15.2. The molecule has 1 atom stereocenters. The van der Waals surface area contributed by atoms with Crippen LogP contribution in [0.3, 0.4) is 0 Å². The van der Waals surface area contributed by atoms with Gasteiger partial charge in [0.05, 0.1) is 0 Å². The Labute approximate surface area is 104 Å². The predicted molar refractivity (Wildman–Crippen MR) is 70.9 cm³/mol. The second-order valence-corrected chi connectivity index (χ2v) is 5.84. The molecule has 1 aliphatic heterocycles. The molecular formula is C14H23N3. The van der Waals surface area contributed by atoms with Crippen molar-refractivity contribution in [3.8, 4) is 0 Å². The van der Waals surface area contributed by atoms with E-state index < -0.39 is 0 Å². The van der Waals surface area contributed by atoms with Gasteiger partial charge in [-0.2, -0.15) is 0 Å². The van der Waals surface area contributed by atoms with Gasteiger partial charge in [-0.05, 0) is 23.1 Å². The van der Waals surface area contributed by atoms with Gasteiger partial charge in [-0.1, -0.05) is 20.8 Å². The molecule has 1 fully saturated rings. The SMILES string of the molecule is CC(C)(C)[C@H](c1ccncc1)N1CCNCC1. The van der Waals surface area contributed by atoms with E-state index in [0.29, 0.717) is 6.04 Å². The van der Waals surface area contributed by atoms with Gasteiger partial charge < -0.3 is 5.32 Å². The molecule has 2 rings (SSSR count). The standard InChI is InChI=1S/C14H23N3/c1-14(2,3)13(12-4-6-15-7-5-12)17-10-8-16-9-11-17/h4-7,13,16H,8-11H2,1-3H3/t13-/m0/s1. The first-order valence-corrected chi connectivity index (χ1v) is 6.44. The zero-order chi connectivity index (χ0) is 12.3. The van der Waals surface area contributed by atoms with Crippen LogP contribution in [0.2, 0.25) is 0 Å². The van der Waals surface area contributed by atoms with Gasteiger partial charge in [0, 0.05) is 44.6 Å². The van der Waals surface area contributed by atoms with E-state index in [-0.39, 0.29) is 5.41 Å². The Morgan fingerprint density at radius 1 is 1.18 bits per heavy atom. The number of nitrogens with one attached hydrogen (secondary N) is 1. The maximum atomic E-state index is 4.12. The Balaban J connectivity index is 2.25. The Hall–Kier alpha value is -0.930. The average Bonchev–Trinajstić information content (AvgIpc) is 2.30. The number of pyridine rings is 1. The van der Waals surface area contributed by atoms with Crippen LogP contribution in [-0.2, 0) is 0 Å². The average molecular weight is 233 g/mol. The first-order valence-electron chi connectivity index (χ1n) is 6.44. The number of nitrogens with zero attached hydrogens (tertiary/aromatic N) is 2. The van der Waals surface area contributed by atoms with E-state index in [0.717, 1.165) is 26.2 Å². The minimum atomic E-state index is 0.249. The Morgan fingerprint density at radius 2 is 1.76 bits per heavy atom. The highest BCUT2D eigenvalue weighted by Crippen LogP contribution is 2.37. The lowest BCUT2D eigenvalue weighted by Crippen LogP contribution is -2.48. The predicted octanol–water partition coefficient (Wildman–Crippen LogP) is 2.07. The molecule has 0 aliphatic carbocycles. The van der Waals surface area contributed by atoms with Gasteiger partial charge in [0.2, 0.25) is 0 Å². The minimum absolute atomic E-state index is 0.249. The van der Waals surface area contributed by atoms with Crippen LogP contribution in [0.1, 0.15) is 32.4 Å². The molecule has 0 amide bonds. The summed E-state index contributed by atoms with van der Waals surface area (Å²) < 4.78 is 0. The quantitative estimate of drug-likeness (QED) is 0.847. The third-order valence-corrected chi connectivity index (χ3v) is 3.36. The second kappa shape index (κ2) is 5.15. The molecule has 1 aromatic rings. The molecule has 3 heteroatoms. The van der Waals surface area contributed by atoms with E-state index in [1.54, 1.807) is 0 Å². The van der Waals surface area contributed by atoms with E-state index in [1.165, 1.54) is 5.56 Å². The van der Waals surface area contributed by atoms with Gasteiger partial charge in [0.25, 0.3) is 0 Å². The molecule has 1 aliphatic rings. The summed E-state index contributed by atoms with van der Waals surface area (Å²) in [7, 11) is 0. The van der Waals surface area contributed by atoms with Crippen molar-refractivity contribution in [2.75, 3.05) is 26.2 Å². The summed E-state index contributed by atoms with van der Waals surface area (Å²) in [5, 5.41) is 3.42. The first-order chi connectivity index (χ1) is 8.09. The summed E-state index contributed by atoms with van der Waals surface area (Å²) in [4.78, 5) is 6.71. The van der Waals surface area contributed by atoms with E-state index in [1.807, 2.05) is 12.4 Å². The Bertz CT molecular complexity index is 336. The summed E-state index contributed by atoms with van der Waals surface area (Å²) in [6.07, 6.45) is 3.80. The van der Waals surface area contributed by atoms with Gasteiger partial charge in [-0.25, -0.2) is 0 Å². The Kier molecular flexibility index (Phi) is 3.79. The summed E-state index contributed by atoms with van der Waals surface area (Å²) >= 11 is 0. The molecule has 1 saturated heterocycles. The monoisotopic (exact) mass is 233 g/mol. The van der Waals surface area contributed by atoms with Crippen LogP contribution in [0, 0.1) is 5.41 Å². The highest BCUT2D eigenvalue weighted by molar-refractivity contribution is 5.18. The fraction of sp³-hybridized carbons (Fsp3) is 0.643. The molecule has 0 saturated carbocycles. The fourth-order valence-corrected chi connectivity index (χ4v) is 2.74. The number of aromatic nitrogens is 1. The van der Waals surface area contributed by atoms with Crippen molar-refractivity contribution in [2.45, 2.75) is 26.8 Å². The lowest BCUT2D eigenvalue weighted by molar-refractivity contribution is 0.0862. The van der Waals surface area contributed by atoms with Gasteiger partial charge in [0.1, 0.15) is 0 Å². The van der Waals surface area contributed by atoms with E-state index in [9.17, 15) is 0 Å². The normalized spacial score (nSPS) is 20.2. The zero-order valence-electron chi connectivity index (χ0n) is 11.1. The molecule has 3 nitrogen and oxygen atoms in total. The van der Waals surface area contributed by atoms with Crippen LogP contribution in [0.4, 0.5) is 0 Å². The molecule has 94 valence electrons. The molecular weight excluding hydrogens is 210 g/mol. The minimum Gasteiger partial charge on any atom is -0.314 e. The molecule has 1 aromatic heterocycles. The molecule has 0 radical (unpaired) electrons. The van der Waals surface area contributed by atoms with Gasteiger partial charge >= 0.3 is 0 Å². The smallest absolute Gasteiger partial charge is 0.0398 e. The molecule has 2 heterocycles. The molecule has 0 unspecified atom stereocenters. The largest absolute Gasteiger partial charge is 0.314 e. The lowest BCUT2D eigenvalue weighted by atomic mass is 9.81. The summed E-state index contributed by atoms with van der Waals surface area (Å²) in [5.41, 5.74) is 1.63. The van der Waals surface area contributed by atoms with E-state index in [4.69, 9.17) is 0 Å². The van der Waals surface area contributed by atoms with Crippen LogP contribution in [0.5, 0.6) is 0 Å². The number of hydrogen-bond donors (Lipinski definition) is 1. The third kappa shape index (κ3) is 3.05. The topological polar surface area (TPSA) is 28.2 Å². The van der Waals surface area contributed by atoms with Crippen molar-refractivity contribution in [1.29, 1.82) is 0 Å². The van der Waals surface area contributed by atoms with Gasteiger partial charge in [-0.3, -0.25) is 9.88 Å². The van der Waals surface area contributed by atoms with Crippen molar-refractivity contribution < 1.29 is 0 Å². The molecule has 0 aromatic carbocycles. The van der Waals surface area contributed by atoms with E-state index >= 15 is 0 Å². The van der Waals surface area contributed by atoms with Crippen molar-refractivity contribution in [2.24, 2.45) is 5.41 Å². The number of hydrogen-bond acceptors (Lipinski definition) is 3. The van der Waals surface area contributed by atoms with Crippen molar-refractivity contribution >= 4 is 0 Å². The highest BCUT2D eigenvalue weighted by Gasteiger charge is 2.32. The summed E-state index contributed by atoms with van der Waals surface area (Å²) in [5.74, 6) is 0. The lowest BCUT2D eigenvalue weighted by Gasteiger charge is -2.42. The maximum Gasteiger partial charge on any atom is 0.0398 e. The van der Waals surface area contributed by atoms with Gasteiger partial charge in [-0.15, -0.1) is 0 Å². The zero-order valence-corrected chi connectivity index (χ0v) is 11.1. The van der Waals surface area contributed by atoms with Gasteiger partial charge in [0.15, 0.2) is 0 Å². The van der Waals surface area contributed by atoms with Crippen LogP contribution >= 0.6 is 0 Å². The summed E-state index contributed by atoms with van der Waals surface area (Å²) in [6.45, 7) is 11.4. The maximum absolute atomic E-state index is 4.12. The molecule has 0 bridgehead atoms. The molecule has 0 spiro atoms. The Morgan fingerprint density at radius 3 is 2.29 bits per heavy atom.